The highest BCUT2D eigenvalue weighted by molar-refractivity contribution is 5.97. The molecule has 26 heavy (non-hydrogen) atoms. The van der Waals surface area contributed by atoms with Crippen LogP contribution in [-0.4, -0.2) is 11.1 Å². The average Bonchev–Trinajstić information content (AvgIpc) is 2.66. The third-order valence-electron chi connectivity index (χ3n) is 4.40. The molecular weight excluding hydrogens is 324 g/mol. The summed E-state index contributed by atoms with van der Waals surface area (Å²) in [7, 11) is 0. The molecule has 0 saturated heterocycles. The van der Waals surface area contributed by atoms with Gasteiger partial charge in [-0.05, 0) is 36.6 Å². The highest BCUT2D eigenvalue weighted by atomic mass is 16.5. The van der Waals surface area contributed by atoms with Gasteiger partial charge in [0.2, 0.25) is 0 Å². The van der Waals surface area contributed by atoms with Gasteiger partial charge in [0.05, 0.1) is 5.56 Å². The number of carbonyl (C=O) groups is 1. The standard InChI is InChI=1S/C23H22O3/c1-3-19-21(26-15-17-9-5-4-6-10-17)13-12-20(23(24)25)22(19)18-11-7-8-16(2)14-18/h4-14H,3,15H2,1-2H3,(H,24,25). The predicted octanol–water partition coefficient (Wildman–Crippen LogP) is 5.50. The molecule has 3 aromatic carbocycles. The highest BCUT2D eigenvalue weighted by Gasteiger charge is 2.19. The number of rotatable bonds is 6. The lowest BCUT2D eigenvalue weighted by molar-refractivity contribution is 0.0697. The molecule has 3 nitrogen and oxygen atoms in total. The Morgan fingerprint density at radius 2 is 1.77 bits per heavy atom. The quantitative estimate of drug-likeness (QED) is 0.641. The molecule has 0 aromatic heterocycles. The van der Waals surface area contributed by atoms with Crippen LogP contribution in [0.2, 0.25) is 0 Å². The van der Waals surface area contributed by atoms with Crippen molar-refractivity contribution in [2.24, 2.45) is 0 Å². The van der Waals surface area contributed by atoms with E-state index >= 15 is 0 Å². The second kappa shape index (κ2) is 7.87. The lowest BCUT2D eigenvalue weighted by Gasteiger charge is -2.17. The third kappa shape index (κ3) is 3.77. The molecule has 0 unspecified atom stereocenters. The van der Waals surface area contributed by atoms with Crippen molar-refractivity contribution in [3.05, 3.63) is 89.0 Å². The highest BCUT2D eigenvalue weighted by Crippen LogP contribution is 2.35. The fraction of sp³-hybridized carbons (Fsp3) is 0.174. The summed E-state index contributed by atoms with van der Waals surface area (Å²) in [4.78, 5) is 11.8. The van der Waals surface area contributed by atoms with Gasteiger partial charge in [-0.3, -0.25) is 0 Å². The van der Waals surface area contributed by atoms with Crippen molar-refractivity contribution in [1.29, 1.82) is 0 Å². The Labute approximate surface area is 153 Å². The van der Waals surface area contributed by atoms with Gasteiger partial charge in [-0.1, -0.05) is 67.1 Å². The summed E-state index contributed by atoms with van der Waals surface area (Å²) in [6, 6.07) is 21.3. The Morgan fingerprint density at radius 1 is 1.00 bits per heavy atom. The van der Waals surface area contributed by atoms with Gasteiger partial charge in [0.15, 0.2) is 0 Å². The Kier molecular flexibility index (Phi) is 5.37. The summed E-state index contributed by atoms with van der Waals surface area (Å²) in [5, 5.41) is 9.67. The molecule has 0 fully saturated rings. The fourth-order valence-electron chi connectivity index (χ4n) is 3.16. The zero-order valence-corrected chi connectivity index (χ0v) is 15.0. The molecule has 0 aliphatic rings. The lowest BCUT2D eigenvalue weighted by atomic mass is 9.91. The van der Waals surface area contributed by atoms with Crippen molar-refractivity contribution in [1.82, 2.24) is 0 Å². The molecule has 1 N–H and O–H groups in total. The fourth-order valence-corrected chi connectivity index (χ4v) is 3.16. The average molecular weight is 346 g/mol. The van der Waals surface area contributed by atoms with Crippen LogP contribution in [0.4, 0.5) is 0 Å². The molecule has 0 amide bonds. The first-order valence-electron chi connectivity index (χ1n) is 8.73. The SMILES string of the molecule is CCc1c(OCc2ccccc2)ccc(C(=O)O)c1-c1cccc(C)c1. The summed E-state index contributed by atoms with van der Waals surface area (Å²) in [5.74, 6) is -0.191. The van der Waals surface area contributed by atoms with E-state index in [0.29, 0.717) is 18.6 Å². The number of hydrogen-bond donors (Lipinski definition) is 1. The van der Waals surface area contributed by atoms with Crippen molar-refractivity contribution in [2.45, 2.75) is 26.9 Å². The van der Waals surface area contributed by atoms with Crippen LogP contribution in [0.1, 0.15) is 34.0 Å². The van der Waals surface area contributed by atoms with Gasteiger partial charge in [-0.25, -0.2) is 4.79 Å². The maximum Gasteiger partial charge on any atom is 0.336 e. The van der Waals surface area contributed by atoms with Gasteiger partial charge in [0.25, 0.3) is 0 Å². The van der Waals surface area contributed by atoms with Crippen molar-refractivity contribution < 1.29 is 14.6 Å². The minimum atomic E-state index is -0.925. The van der Waals surface area contributed by atoms with E-state index in [1.165, 1.54) is 0 Å². The molecule has 0 bridgehead atoms. The van der Waals surface area contributed by atoms with Crippen LogP contribution < -0.4 is 4.74 Å². The topological polar surface area (TPSA) is 46.5 Å². The van der Waals surface area contributed by atoms with E-state index in [1.807, 2.05) is 68.4 Å². The number of carboxylic acid groups (broad SMARTS) is 1. The molecule has 132 valence electrons. The van der Waals surface area contributed by atoms with Gasteiger partial charge >= 0.3 is 5.97 Å². The van der Waals surface area contributed by atoms with Crippen molar-refractivity contribution in [3.63, 3.8) is 0 Å². The minimum absolute atomic E-state index is 0.305. The molecule has 0 atom stereocenters. The Bertz CT molecular complexity index is 914. The Hall–Kier alpha value is -3.07. The largest absolute Gasteiger partial charge is 0.489 e. The first-order chi connectivity index (χ1) is 12.6. The molecule has 0 aliphatic heterocycles. The lowest BCUT2D eigenvalue weighted by Crippen LogP contribution is -2.06. The van der Waals surface area contributed by atoms with Crippen molar-refractivity contribution >= 4 is 5.97 Å². The molecule has 3 heteroatoms. The van der Waals surface area contributed by atoms with E-state index in [4.69, 9.17) is 4.74 Å². The van der Waals surface area contributed by atoms with Gasteiger partial charge in [0.1, 0.15) is 12.4 Å². The van der Waals surface area contributed by atoms with Crippen LogP contribution in [0.15, 0.2) is 66.7 Å². The normalized spacial score (nSPS) is 10.5. The number of carboxylic acids is 1. The molecular formula is C23H22O3. The van der Waals surface area contributed by atoms with Crippen LogP contribution >= 0.6 is 0 Å². The summed E-state index contributed by atoms with van der Waals surface area (Å²) >= 11 is 0. The molecule has 3 rings (SSSR count). The van der Waals surface area contributed by atoms with Crippen molar-refractivity contribution in [3.8, 4) is 16.9 Å². The molecule has 3 aromatic rings. The summed E-state index contributed by atoms with van der Waals surface area (Å²) < 4.78 is 6.05. The van der Waals surface area contributed by atoms with Crippen molar-refractivity contribution in [2.75, 3.05) is 0 Å². The van der Waals surface area contributed by atoms with Crippen LogP contribution in [-0.2, 0) is 13.0 Å². The monoisotopic (exact) mass is 346 g/mol. The predicted molar refractivity (Wildman–Crippen MR) is 104 cm³/mol. The number of benzene rings is 3. The van der Waals surface area contributed by atoms with Crippen LogP contribution in [0.3, 0.4) is 0 Å². The molecule has 0 radical (unpaired) electrons. The Balaban J connectivity index is 2.06. The third-order valence-corrected chi connectivity index (χ3v) is 4.40. The smallest absolute Gasteiger partial charge is 0.336 e. The first-order valence-corrected chi connectivity index (χ1v) is 8.73. The number of aromatic carboxylic acids is 1. The van der Waals surface area contributed by atoms with E-state index in [9.17, 15) is 9.90 Å². The van der Waals surface area contributed by atoms with E-state index < -0.39 is 5.97 Å². The van der Waals surface area contributed by atoms with Gasteiger partial charge < -0.3 is 9.84 Å². The van der Waals surface area contributed by atoms with Crippen LogP contribution in [0.25, 0.3) is 11.1 Å². The summed E-state index contributed by atoms with van der Waals surface area (Å²) in [6.07, 6.45) is 0.689. The first kappa shape index (κ1) is 17.7. The number of hydrogen-bond acceptors (Lipinski definition) is 2. The second-order valence-corrected chi connectivity index (χ2v) is 6.27. The second-order valence-electron chi connectivity index (χ2n) is 6.27. The van der Waals surface area contributed by atoms with E-state index in [1.54, 1.807) is 12.1 Å². The van der Waals surface area contributed by atoms with Gasteiger partial charge in [0, 0.05) is 11.1 Å². The summed E-state index contributed by atoms with van der Waals surface area (Å²) in [6.45, 7) is 4.48. The summed E-state index contributed by atoms with van der Waals surface area (Å²) in [5.41, 5.74) is 5.05. The molecule has 0 heterocycles. The zero-order chi connectivity index (χ0) is 18.5. The Morgan fingerprint density at radius 3 is 2.42 bits per heavy atom. The van der Waals surface area contributed by atoms with Gasteiger partial charge in [-0.15, -0.1) is 0 Å². The van der Waals surface area contributed by atoms with Gasteiger partial charge in [-0.2, -0.15) is 0 Å². The number of aryl methyl sites for hydroxylation is 1. The number of ether oxygens (including phenoxy) is 1. The minimum Gasteiger partial charge on any atom is -0.489 e. The van der Waals surface area contributed by atoms with Crippen LogP contribution in [0.5, 0.6) is 5.75 Å². The van der Waals surface area contributed by atoms with E-state index in [0.717, 1.165) is 33.6 Å². The maximum absolute atomic E-state index is 11.8. The zero-order valence-electron chi connectivity index (χ0n) is 15.0. The maximum atomic E-state index is 11.8. The molecule has 0 spiro atoms. The molecule has 0 saturated carbocycles. The van der Waals surface area contributed by atoms with E-state index in [-0.39, 0.29) is 0 Å². The van der Waals surface area contributed by atoms with E-state index in [2.05, 4.69) is 0 Å². The molecule has 0 aliphatic carbocycles. The van der Waals surface area contributed by atoms with Crippen LogP contribution in [0, 0.1) is 6.92 Å².